The Hall–Kier alpha value is -1.94. The number of hydrogen-bond acceptors (Lipinski definition) is 15. The minimum atomic E-state index is -4.95. The first kappa shape index (κ1) is 88.1. The summed E-state index contributed by atoms with van der Waals surface area (Å²) in [6.07, 6.45) is 45.8. The van der Waals surface area contributed by atoms with Gasteiger partial charge in [-0.3, -0.25) is 37.3 Å². The molecule has 0 aromatic carbocycles. The highest BCUT2D eigenvalue weighted by atomic mass is 31.2. The lowest BCUT2D eigenvalue weighted by molar-refractivity contribution is -0.161. The molecule has 17 nitrogen and oxygen atoms in total. The van der Waals surface area contributed by atoms with Gasteiger partial charge in [-0.25, -0.2) is 9.13 Å². The molecule has 0 bridgehead atoms. The lowest BCUT2D eigenvalue weighted by Crippen LogP contribution is -2.30. The molecule has 0 amide bonds. The molecule has 0 aromatic rings. The maximum Gasteiger partial charge on any atom is 0.472 e. The SMILES string of the molecule is CCCCCCCCCCCCCC(=O)OC[C@H](COP(=O)(O)OC[C@H](O)COP(=O)(O)OC[C@@H](COC(=O)CCCCCCCCCCCC(C)C)OC(=O)CCCCCCCCCCCCCCCC(C)C)OC(=O)CCCCCCCCCCC(C)C. The van der Waals surface area contributed by atoms with Crippen LogP contribution < -0.4 is 0 Å². The Kier molecular flexibility index (Phi) is 60.6. The molecular formula is C71H138O17P2. The van der Waals surface area contributed by atoms with Crippen molar-refractivity contribution in [2.75, 3.05) is 39.6 Å². The van der Waals surface area contributed by atoms with Gasteiger partial charge in [0.05, 0.1) is 26.4 Å². The minimum Gasteiger partial charge on any atom is -0.462 e. The maximum absolute atomic E-state index is 13.0. The van der Waals surface area contributed by atoms with Gasteiger partial charge < -0.3 is 33.8 Å². The number of carbonyl (C=O) groups excluding carboxylic acids is 4. The van der Waals surface area contributed by atoms with E-state index < -0.39 is 97.5 Å². The molecule has 0 aromatic heterocycles. The normalized spacial score (nSPS) is 14.2. The van der Waals surface area contributed by atoms with Gasteiger partial charge in [-0.15, -0.1) is 0 Å². The van der Waals surface area contributed by atoms with Crippen LogP contribution in [-0.2, 0) is 65.4 Å². The second-order valence-corrected chi connectivity index (χ2v) is 30.0. The molecule has 0 saturated heterocycles. The third-order valence-corrected chi connectivity index (χ3v) is 18.3. The van der Waals surface area contributed by atoms with Crippen LogP contribution in [0, 0.1) is 17.8 Å². The van der Waals surface area contributed by atoms with Crippen molar-refractivity contribution in [2.45, 2.75) is 375 Å². The van der Waals surface area contributed by atoms with Crippen LogP contribution in [0.3, 0.4) is 0 Å². The Balaban J connectivity index is 5.25. The van der Waals surface area contributed by atoms with Gasteiger partial charge in [0.25, 0.3) is 0 Å². The van der Waals surface area contributed by atoms with Crippen LogP contribution in [0.15, 0.2) is 0 Å². The minimum absolute atomic E-state index is 0.104. The Morgan fingerprint density at radius 3 is 0.756 bits per heavy atom. The quantitative estimate of drug-likeness (QED) is 0.0222. The summed E-state index contributed by atoms with van der Waals surface area (Å²) in [6, 6.07) is 0. The number of hydrogen-bond donors (Lipinski definition) is 3. The third kappa shape index (κ3) is 64.8. The Labute approximate surface area is 549 Å². The van der Waals surface area contributed by atoms with E-state index in [0.717, 1.165) is 108 Å². The summed E-state index contributed by atoms with van der Waals surface area (Å²) >= 11 is 0. The van der Waals surface area contributed by atoms with E-state index >= 15 is 0 Å². The van der Waals surface area contributed by atoms with Gasteiger partial charge in [0.2, 0.25) is 0 Å². The summed E-state index contributed by atoms with van der Waals surface area (Å²) in [5.41, 5.74) is 0. The zero-order chi connectivity index (χ0) is 66.6. The van der Waals surface area contributed by atoms with E-state index in [0.29, 0.717) is 25.7 Å². The van der Waals surface area contributed by atoms with E-state index in [1.165, 1.54) is 167 Å². The summed E-state index contributed by atoms with van der Waals surface area (Å²) < 4.78 is 68.3. The van der Waals surface area contributed by atoms with Crippen LogP contribution in [0.1, 0.15) is 357 Å². The Morgan fingerprint density at radius 1 is 0.300 bits per heavy atom. The first-order valence-electron chi connectivity index (χ1n) is 36.8. The second-order valence-electron chi connectivity index (χ2n) is 27.1. The van der Waals surface area contributed by atoms with E-state index in [-0.39, 0.29) is 25.7 Å². The molecule has 0 aliphatic heterocycles. The van der Waals surface area contributed by atoms with Crippen molar-refractivity contribution in [1.29, 1.82) is 0 Å². The number of phosphoric ester groups is 2. The fourth-order valence-corrected chi connectivity index (χ4v) is 12.3. The van der Waals surface area contributed by atoms with Crippen LogP contribution in [-0.4, -0.2) is 96.7 Å². The molecule has 0 rings (SSSR count). The molecule has 0 fully saturated rings. The van der Waals surface area contributed by atoms with Crippen LogP contribution in [0.25, 0.3) is 0 Å². The number of esters is 4. The number of unbranched alkanes of at least 4 members (excludes halogenated alkanes) is 37. The molecule has 0 aliphatic rings. The van der Waals surface area contributed by atoms with Gasteiger partial charge in [0.15, 0.2) is 12.2 Å². The molecule has 90 heavy (non-hydrogen) atoms. The average Bonchev–Trinajstić information content (AvgIpc) is 3.59. The van der Waals surface area contributed by atoms with Crippen LogP contribution in [0.5, 0.6) is 0 Å². The standard InChI is InChI=1S/C71H138O17P2/c1-8-9-10-11-12-13-17-23-31-38-45-52-68(73)81-59-67(88-71(76)55-48-41-34-27-26-30-37-44-51-64(6)7)61-86-90(79,80)84-57-65(72)56-83-89(77,78)85-60-66(58-82-69(74)53-46-39-32-25-20-22-29-36-43-50-63(4)5)87-70(75)54-47-40-33-24-19-16-14-15-18-21-28-35-42-49-62(2)3/h62-67,72H,8-61H2,1-7H3,(H,77,78)(H,79,80)/t65-,66-,67-/m1/s1. The second kappa shape index (κ2) is 61.9. The zero-order valence-electron chi connectivity index (χ0n) is 58.6. The lowest BCUT2D eigenvalue weighted by atomic mass is 10.0. The lowest BCUT2D eigenvalue weighted by Gasteiger charge is -2.21. The van der Waals surface area contributed by atoms with E-state index in [4.69, 9.17) is 37.0 Å². The Morgan fingerprint density at radius 2 is 0.511 bits per heavy atom. The topological polar surface area (TPSA) is 237 Å². The molecule has 19 heteroatoms. The van der Waals surface area contributed by atoms with Crippen molar-refractivity contribution in [3.63, 3.8) is 0 Å². The van der Waals surface area contributed by atoms with Crippen molar-refractivity contribution >= 4 is 39.5 Å². The zero-order valence-corrected chi connectivity index (χ0v) is 60.4. The molecule has 0 aliphatic carbocycles. The molecule has 534 valence electrons. The largest absolute Gasteiger partial charge is 0.472 e. The number of ether oxygens (including phenoxy) is 4. The highest BCUT2D eigenvalue weighted by molar-refractivity contribution is 7.47. The average molecular weight is 1330 g/mol. The first-order chi connectivity index (χ1) is 43.2. The smallest absolute Gasteiger partial charge is 0.462 e. The molecule has 5 atom stereocenters. The van der Waals surface area contributed by atoms with E-state index in [1.807, 2.05) is 0 Å². The molecular weight excluding hydrogens is 1190 g/mol. The molecule has 0 spiro atoms. The van der Waals surface area contributed by atoms with E-state index in [1.54, 1.807) is 0 Å². The monoisotopic (exact) mass is 1320 g/mol. The van der Waals surface area contributed by atoms with Gasteiger partial charge in [0.1, 0.15) is 19.3 Å². The molecule has 2 unspecified atom stereocenters. The van der Waals surface area contributed by atoms with Gasteiger partial charge in [-0.05, 0) is 43.4 Å². The fourth-order valence-electron chi connectivity index (χ4n) is 10.7. The van der Waals surface area contributed by atoms with Crippen molar-refractivity contribution in [3.05, 3.63) is 0 Å². The number of phosphoric acid groups is 2. The first-order valence-corrected chi connectivity index (χ1v) is 39.8. The Bertz CT molecular complexity index is 1770. The molecule has 0 saturated carbocycles. The van der Waals surface area contributed by atoms with Crippen molar-refractivity contribution < 1.29 is 80.2 Å². The van der Waals surface area contributed by atoms with E-state index in [2.05, 4.69) is 48.5 Å². The predicted octanol–water partition coefficient (Wildman–Crippen LogP) is 20.2. The van der Waals surface area contributed by atoms with Crippen LogP contribution in [0.4, 0.5) is 0 Å². The summed E-state index contributed by atoms with van der Waals surface area (Å²) in [5, 5.41) is 10.6. The molecule has 3 N–H and O–H groups in total. The van der Waals surface area contributed by atoms with Gasteiger partial charge >= 0.3 is 39.5 Å². The van der Waals surface area contributed by atoms with Crippen molar-refractivity contribution in [1.82, 2.24) is 0 Å². The fraction of sp³-hybridized carbons (Fsp3) is 0.944. The van der Waals surface area contributed by atoms with Crippen LogP contribution in [0.2, 0.25) is 0 Å². The summed E-state index contributed by atoms with van der Waals surface area (Å²) in [5.74, 6) is 0.123. The van der Waals surface area contributed by atoms with Gasteiger partial charge in [-0.1, -0.05) is 305 Å². The predicted molar refractivity (Wildman–Crippen MR) is 363 cm³/mol. The summed E-state index contributed by atoms with van der Waals surface area (Å²) in [7, 11) is -9.90. The number of aliphatic hydroxyl groups is 1. The maximum atomic E-state index is 13.0. The molecule has 0 heterocycles. The van der Waals surface area contributed by atoms with E-state index in [9.17, 15) is 43.2 Å². The third-order valence-electron chi connectivity index (χ3n) is 16.4. The summed E-state index contributed by atoms with van der Waals surface area (Å²) in [4.78, 5) is 72.6. The summed E-state index contributed by atoms with van der Waals surface area (Å²) in [6.45, 7) is 11.8. The van der Waals surface area contributed by atoms with Gasteiger partial charge in [-0.2, -0.15) is 0 Å². The van der Waals surface area contributed by atoms with Crippen molar-refractivity contribution in [2.24, 2.45) is 17.8 Å². The number of rotatable bonds is 69. The molecule has 0 radical (unpaired) electrons. The number of carbonyl (C=O) groups is 4. The highest BCUT2D eigenvalue weighted by Crippen LogP contribution is 2.45. The van der Waals surface area contributed by atoms with Gasteiger partial charge in [0, 0.05) is 25.7 Å². The number of aliphatic hydroxyl groups excluding tert-OH is 1. The van der Waals surface area contributed by atoms with Crippen LogP contribution >= 0.6 is 15.6 Å². The van der Waals surface area contributed by atoms with Crippen molar-refractivity contribution in [3.8, 4) is 0 Å². The highest BCUT2D eigenvalue weighted by Gasteiger charge is 2.30.